The molecular formula is C19H26N4O2. The summed E-state index contributed by atoms with van der Waals surface area (Å²) in [6.07, 6.45) is 6.52. The minimum Gasteiger partial charge on any atom is -0.381 e. The lowest BCUT2D eigenvalue weighted by atomic mass is 9.91. The smallest absolute Gasteiger partial charge is 0.222 e. The first kappa shape index (κ1) is 16.5. The minimum atomic E-state index is 0.320. The molecule has 0 aliphatic carbocycles. The molecule has 2 aliphatic rings. The summed E-state index contributed by atoms with van der Waals surface area (Å²) < 4.78 is 7.26. The quantitative estimate of drug-likeness (QED) is 0.860. The van der Waals surface area contributed by atoms with Crippen LogP contribution in [-0.4, -0.2) is 51.7 Å². The van der Waals surface area contributed by atoms with Crippen molar-refractivity contribution in [2.75, 3.05) is 26.3 Å². The molecule has 0 N–H and O–H groups in total. The van der Waals surface area contributed by atoms with Crippen molar-refractivity contribution in [2.24, 2.45) is 5.92 Å². The molecule has 2 aliphatic heterocycles. The normalized spacial score (nSPS) is 20.3. The Hall–Kier alpha value is -1.95. The van der Waals surface area contributed by atoms with E-state index in [1.54, 1.807) is 6.20 Å². The molecule has 0 atom stereocenters. The van der Waals surface area contributed by atoms with Gasteiger partial charge in [0.05, 0.1) is 6.20 Å². The lowest BCUT2D eigenvalue weighted by molar-refractivity contribution is -0.134. The van der Waals surface area contributed by atoms with E-state index in [9.17, 15) is 4.79 Å². The fourth-order valence-corrected chi connectivity index (χ4v) is 4.05. The number of aromatic nitrogens is 3. The molecule has 0 unspecified atom stereocenters. The number of amides is 1. The van der Waals surface area contributed by atoms with Crippen molar-refractivity contribution in [3.05, 3.63) is 29.7 Å². The molecule has 1 amide bonds. The molecule has 0 bridgehead atoms. The number of rotatable bonds is 3. The van der Waals surface area contributed by atoms with Crippen molar-refractivity contribution in [2.45, 2.75) is 44.9 Å². The summed E-state index contributed by atoms with van der Waals surface area (Å²) >= 11 is 0. The summed E-state index contributed by atoms with van der Waals surface area (Å²) in [5.41, 5.74) is 3.16. The maximum Gasteiger partial charge on any atom is 0.222 e. The molecule has 0 aromatic carbocycles. The number of carbonyl (C=O) groups excluding carboxylic acids is 1. The maximum atomic E-state index is 12.6. The average Bonchev–Trinajstić information content (AvgIpc) is 3.12. The highest BCUT2D eigenvalue weighted by Gasteiger charge is 2.27. The van der Waals surface area contributed by atoms with Gasteiger partial charge in [0.25, 0.3) is 0 Å². The largest absolute Gasteiger partial charge is 0.381 e. The molecule has 2 aromatic heterocycles. The van der Waals surface area contributed by atoms with Crippen LogP contribution in [0.3, 0.4) is 0 Å². The van der Waals surface area contributed by atoms with Crippen LogP contribution in [0.5, 0.6) is 0 Å². The van der Waals surface area contributed by atoms with Crippen LogP contribution in [0, 0.1) is 12.8 Å². The summed E-state index contributed by atoms with van der Waals surface area (Å²) in [7, 11) is 0. The van der Waals surface area contributed by atoms with Gasteiger partial charge in [-0.15, -0.1) is 0 Å². The Kier molecular flexibility index (Phi) is 4.70. The Morgan fingerprint density at radius 1 is 1.24 bits per heavy atom. The number of nitrogens with zero attached hydrogens (tertiary/aromatic N) is 4. The third-order valence-corrected chi connectivity index (χ3v) is 5.63. The zero-order valence-electron chi connectivity index (χ0n) is 14.9. The second-order valence-corrected chi connectivity index (χ2v) is 7.34. The molecular weight excluding hydrogens is 316 g/mol. The summed E-state index contributed by atoms with van der Waals surface area (Å²) in [5, 5.41) is 4.29. The van der Waals surface area contributed by atoms with Gasteiger partial charge in [-0.1, -0.05) is 0 Å². The van der Waals surface area contributed by atoms with Crippen molar-refractivity contribution >= 4 is 11.6 Å². The van der Waals surface area contributed by atoms with E-state index >= 15 is 0 Å². The third-order valence-electron chi connectivity index (χ3n) is 5.63. The van der Waals surface area contributed by atoms with E-state index in [0.29, 0.717) is 24.2 Å². The van der Waals surface area contributed by atoms with Crippen LogP contribution >= 0.6 is 0 Å². The Balaban J connectivity index is 1.36. The van der Waals surface area contributed by atoms with Crippen LogP contribution in [0.4, 0.5) is 0 Å². The third kappa shape index (κ3) is 3.54. The minimum absolute atomic E-state index is 0.320. The zero-order chi connectivity index (χ0) is 17.2. The van der Waals surface area contributed by atoms with E-state index in [1.807, 2.05) is 10.6 Å². The van der Waals surface area contributed by atoms with E-state index in [4.69, 9.17) is 9.72 Å². The summed E-state index contributed by atoms with van der Waals surface area (Å²) in [5.74, 6) is 1.26. The number of piperidine rings is 1. The molecule has 25 heavy (non-hydrogen) atoms. The van der Waals surface area contributed by atoms with Gasteiger partial charge in [-0.3, -0.25) is 4.79 Å². The topological polar surface area (TPSA) is 59.7 Å². The number of carbonyl (C=O) groups is 1. The molecule has 4 heterocycles. The van der Waals surface area contributed by atoms with E-state index < -0.39 is 0 Å². The highest BCUT2D eigenvalue weighted by Crippen LogP contribution is 2.29. The fraction of sp³-hybridized carbons (Fsp3) is 0.632. The lowest BCUT2D eigenvalue weighted by Crippen LogP contribution is -2.39. The van der Waals surface area contributed by atoms with Gasteiger partial charge in [-0.2, -0.15) is 5.10 Å². The van der Waals surface area contributed by atoms with Crippen molar-refractivity contribution in [3.63, 3.8) is 0 Å². The van der Waals surface area contributed by atoms with Gasteiger partial charge in [-0.25, -0.2) is 9.50 Å². The Morgan fingerprint density at radius 2 is 2.00 bits per heavy atom. The highest BCUT2D eigenvalue weighted by molar-refractivity contribution is 5.76. The zero-order valence-corrected chi connectivity index (χ0v) is 14.9. The Labute approximate surface area is 148 Å². The standard InChI is InChI=1S/C19H26N4O2/c1-14-12-17(21-18-2-7-20-23(14)18)16-3-8-22(9-4-16)19(24)13-15-5-10-25-11-6-15/h2,7,12,15-16H,3-6,8-11,13H2,1H3. The van der Waals surface area contributed by atoms with Crippen molar-refractivity contribution < 1.29 is 9.53 Å². The van der Waals surface area contributed by atoms with Gasteiger partial charge in [0.2, 0.25) is 5.91 Å². The van der Waals surface area contributed by atoms with Crippen LogP contribution in [0.25, 0.3) is 5.65 Å². The Morgan fingerprint density at radius 3 is 2.76 bits per heavy atom. The van der Waals surface area contributed by atoms with Gasteiger partial charge >= 0.3 is 0 Å². The first-order chi connectivity index (χ1) is 12.2. The fourth-order valence-electron chi connectivity index (χ4n) is 4.05. The number of fused-ring (bicyclic) bond motifs is 1. The lowest BCUT2D eigenvalue weighted by Gasteiger charge is -2.33. The molecule has 6 nitrogen and oxygen atoms in total. The second-order valence-electron chi connectivity index (χ2n) is 7.34. The van der Waals surface area contributed by atoms with Gasteiger partial charge in [0.1, 0.15) is 0 Å². The van der Waals surface area contributed by atoms with Crippen LogP contribution in [-0.2, 0) is 9.53 Å². The average molecular weight is 342 g/mol. The number of likely N-dealkylation sites (tertiary alicyclic amines) is 1. The molecule has 0 saturated carbocycles. The summed E-state index contributed by atoms with van der Waals surface area (Å²) in [4.78, 5) is 19.4. The van der Waals surface area contributed by atoms with Gasteiger partial charge in [0.15, 0.2) is 5.65 Å². The van der Waals surface area contributed by atoms with E-state index in [-0.39, 0.29) is 0 Å². The summed E-state index contributed by atoms with van der Waals surface area (Å²) in [6.45, 7) is 5.37. The first-order valence-corrected chi connectivity index (χ1v) is 9.37. The van der Waals surface area contributed by atoms with E-state index in [2.05, 4.69) is 23.0 Å². The first-order valence-electron chi connectivity index (χ1n) is 9.37. The molecule has 0 radical (unpaired) electrons. The molecule has 134 valence electrons. The predicted octanol–water partition coefficient (Wildman–Crippen LogP) is 2.56. The van der Waals surface area contributed by atoms with Gasteiger partial charge < -0.3 is 9.64 Å². The SMILES string of the molecule is Cc1cc(C2CCN(C(=O)CC3CCOCC3)CC2)nc2ccnn12. The highest BCUT2D eigenvalue weighted by atomic mass is 16.5. The van der Waals surface area contributed by atoms with Crippen LogP contribution in [0.15, 0.2) is 18.3 Å². The van der Waals surface area contributed by atoms with Gasteiger partial charge in [-0.05, 0) is 44.6 Å². The van der Waals surface area contributed by atoms with E-state index in [0.717, 1.165) is 69.0 Å². The number of ether oxygens (including phenoxy) is 1. The molecule has 0 spiro atoms. The second kappa shape index (κ2) is 7.12. The number of hydrogen-bond acceptors (Lipinski definition) is 4. The van der Waals surface area contributed by atoms with Crippen molar-refractivity contribution in [1.29, 1.82) is 0 Å². The van der Waals surface area contributed by atoms with Crippen LogP contribution in [0.1, 0.15) is 49.4 Å². The molecule has 2 saturated heterocycles. The van der Waals surface area contributed by atoms with E-state index in [1.165, 1.54) is 0 Å². The maximum absolute atomic E-state index is 12.6. The molecule has 4 rings (SSSR count). The van der Waals surface area contributed by atoms with Crippen molar-refractivity contribution in [1.82, 2.24) is 19.5 Å². The summed E-state index contributed by atoms with van der Waals surface area (Å²) in [6, 6.07) is 4.09. The number of hydrogen-bond donors (Lipinski definition) is 0. The van der Waals surface area contributed by atoms with Crippen LogP contribution < -0.4 is 0 Å². The van der Waals surface area contributed by atoms with Crippen molar-refractivity contribution in [3.8, 4) is 0 Å². The molecule has 2 aromatic rings. The predicted molar refractivity (Wildman–Crippen MR) is 94.4 cm³/mol. The molecule has 6 heteroatoms. The van der Waals surface area contributed by atoms with Crippen LogP contribution in [0.2, 0.25) is 0 Å². The molecule has 2 fully saturated rings. The monoisotopic (exact) mass is 342 g/mol. The van der Waals surface area contributed by atoms with Gasteiger partial charge in [0, 0.05) is 56.1 Å². The Bertz CT molecular complexity index is 743. The number of aryl methyl sites for hydroxylation is 1.